The minimum Gasteiger partial charge on any atom is -0.389 e. The van der Waals surface area contributed by atoms with Gasteiger partial charge in [-0.05, 0) is 24.6 Å². The zero-order valence-electron chi connectivity index (χ0n) is 6.87. The summed E-state index contributed by atoms with van der Waals surface area (Å²) in [5, 5.41) is 9.68. The highest BCUT2D eigenvalue weighted by Gasteiger charge is 1.88. The Bertz CT molecular complexity index is 262. The third kappa shape index (κ3) is 3.07. The van der Waals surface area contributed by atoms with Gasteiger partial charge in [-0.1, -0.05) is 35.9 Å². The van der Waals surface area contributed by atoms with Gasteiger partial charge >= 0.3 is 0 Å². The van der Waals surface area contributed by atoms with Crippen LogP contribution in [0.1, 0.15) is 12.5 Å². The molecule has 1 atom stereocenters. The molecule has 0 saturated carbocycles. The van der Waals surface area contributed by atoms with Crippen LogP contribution in [0.15, 0.2) is 30.3 Å². The zero-order chi connectivity index (χ0) is 8.97. The van der Waals surface area contributed by atoms with E-state index in [1.807, 2.05) is 30.3 Å². The Labute approximate surface area is 77.3 Å². The van der Waals surface area contributed by atoms with Crippen molar-refractivity contribution in [1.82, 2.24) is 0 Å². The Morgan fingerprint density at radius 3 is 2.42 bits per heavy atom. The summed E-state index contributed by atoms with van der Waals surface area (Å²) in [4.78, 5) is 0. The fraction of sp³-hybridized carbons (Fsp3) is 0.200. The summed E-state index contributed by atoms with van der Waals surface area (Å²) in [7, 11) is 0. The Morgan fingerprint density at radius 2 is 1.92 bits per heavy atom. The average molecular weight is 183 g/mol. The summed E-state index contributed by atoms with van der Waals surface area (Å²) in [6.07, 6.45) is 3.19. The Hall–Kier alpha value is -0.790. The summed E-state index contributed by atoms with van der Waals surface area (Å²) in [5.74, 6) is 0. The standard InChI is InChI=1S/C10H11ClO/c1-8(12)2-3-9-4-6-10(11)7-5-9/h2-8,12H,1H3/b3-2+/t8-/m1/s1. The van der Waals surface area contributed by atoms with E-state index in [0.717, 1.165) is 10.6 Å². The van der Waals surface area contributed by atoms with Crippen LogP contribution < -0.4 is 0 Å². The lowest BCUT2D eigenvalue weighted by molar-refractivity contribution is 0.245. The maximum absolute atomic E-state index is 8.96. The van der Waals surface area contributed by atoms with Crippen molar-refractivity contribution in [2.45, 2.75) is 13.0 Å². The Morgan fingerprint density at radius 1 is 1.33 bits per heavy atom. The summed E-state index contributed by atoms with van der Waals surface area (Å²) in [6, 6.07) is 7.45. The van der Waals surface area contributed by atoms with Gasteiger partial charge in [-0.3, -0.25) is 0 Å². The maximum atomic E-state index is 8.96. The van der Waals surface area contributed by atoms with Gasteiger partial charge < -0.3 is 5.11 Å². The van der Waals surface area contributed by atoms with Crippen LogP contribution in [0.4, 0.5) is 0 Å². The van der Waals surface area contributed by atoms with Crippen LogP contribution in [0.2, 0.25) is 5.02 Å². The third-order valence-electron chi connectivity index (χ3n) is 1.44. The van der Waals surface area contributed by atoms with Crippen LogP contribution >= 0.6 is 11.6 Å². The predicted molar refractivity (Wildman–Crippen MR) is 52.2 cm³/mol. The first-order valence-electron chi connectivity index (χ1n) is 3.80. The van der Waals surface area contributed by atoms with E-state index in [1.54, 1.807) is 13.0 Å². The third-order valence-corrected chi connectivity index (χ3v) is 1.69. The van der Waals surface area contributed by atoms with Gasteiger partial charge in [0.1, 0.15) is 0 Å². The first-order valence-corrected chi connectivity index (χ1v) is 4.18. The quantitative estimate of drug-likeness (QED) is 0.746. The molecule has 0 spiro atoms. The Balaban J connectivity index is 2.71. The SMILES string of the molecule is C[C@@H](O)/C=C/c1ccc(Cl)cc1. The first kappa shape index (κ1) is 9.30. The molecule has 0 saturated heterocycles. The molecule has 12 heavy (non-hydrogen) atoms. The Kier molecular flexibility index (Phi) is 3.32. The van der Waals surface area contributed by atoms with Crippen molar-refractivity contribution < 1.29 is 5.11 Å². The topological polar surface area (TPSA) is 20.2 Å². The number of halogens is 1. The molecule has 0 amide bonds. The lowest BCUT2D eigenvalue weighted by Gasteiger charge is -1.95. The van der Waals surface area contributed by atoms with E-state index in [1.165, 1.54) is 0 Å². The van der Waals surface area contributed by atoms with Crippen LogP contribution in [0.3, 0.4) is 0 Å². The highest BCUT2D eigenvalue weighted by atomic mass is 35.5. The van der Waals surface area contributed by atoms with E-state index in [0.29, 0.717) is 0 Å². The number of aliphatic hydroxyl groups is 1. The molecule has 0 heterocycles. The second-order valence-electron chi connectivity index (χ2n) is 2.65. The maximum Gasteiger partial charge on any atom is 0.0696 e. The molecule has 2 heteroatoms. The molecule has 0 aliphatic rings. The molecule has 64 valence electrons. The van der Waals surface area contributed by atoms with Crippen LogP contribution in [0.25, 0.3) is 6.08 Å². The summed E-state index contributed by atoms with van der Waals surface area (Å²) in [5.41, 5.74) is 1.04. The van der Waals surface area contributed by atoms with Crippen molar-refractivity contribution in [1.29, 1.82) is 0 Å². The predicted octanol–water partition coefficient (Wildman–Crippen LogP) is 2.73. The summed E-state index contributed by atoms with van der Waals surface area (Å²) >= 11 is 5.70. The van der Waals surface area contributed by atoms with Crippen molar-refractivity contribution in [3.63, 3.8) is 0 Å². The summed E-state index contributed by atoms with van der Waals surface area (Å²) < 4.78 is 0. The van der Waals surface area contributed by atoms with Crippen molar-refractivity contribution >= 4 is 17.7 Å². The number of benzene rings is 1. The summed E-state index contributed by atoms with van der Waals surface area (Å²) in [6.45, 7) is 1.71. The van der Waals surface area contributed by atoms with Gasteiger partial charge in [0.2, 0.25) is 0 Å². The van der Waals surface area contributed by atoms with Gasteiger partial charge in [0.25, 0.3) is 0 Å². The molecular weight excluding hydrogens is 172 g/mol. The molecule has 1 aromatic carbocycles. The van der Waals surface area contributed by atoms with Gasteiger partial charge in [-0.2, -0.15) is 0 Å². The molecule has 0 unspecified atom stereocenters. The second kappa shape index (κ2) is 4.29. The second-order valence-corrected chi connectivity index (χ2v) is 3.09. The van der Waals surface area contributed by atoms with Gasteiger partial charge in [0, 0.05) is 5.02 Å². The molecule has 0 radical (unpaired) electrons. The number of hydrogen-bond donors (Lipinski definition) is 1. The van der Waals surface area contributed by atoms with Crippen LogP contribution in [-0.2, 0) is 0 Å². The molecule has 0 aliphatic heterocycles. The monoisotopic (exact) mass is 182 g/mol. The lowest BCUT2D eigenvalue weighted by Crippen LogP contribution is -1.90. The molecule has 1 nitrogen and oxygen atoms in total. The van der Waals surface area contributed by atoms with Crippen molar-refractivity contribution in [2.24, 2.45) is 0 Å². The average Bonchev–Trinajstić information content (AvgIpc) is 2.03. The van der Waals surface area contributed by atoms with Crippen molar-refractivity contribution in [3.8, 4) is 0 Å². The van der Waals surface area contributed by atoms with E-state index in [-0.39, 0.29) is 0 Å². The molecule has 0 fully saturated rings. The normalized spacial score (nSPS) is 13.6. The van der Waals surface area contributed by atoms with E-state index in [4.69, 9.17) is 16.7 Å². The zero-order valence-corrected chi connectivity index (χ0v) is 7.62. The molecule has 0 aliphatic carbocycles. The molecule has 0 bridgehead atoms. The van der Waals surface area contributed by atoms with E-state index in [2.05, 4.69) is 0 Å². The smallest absolute Gasteiger partial charge is 0.0696 e. The first-order chi connectivity index (χ1) is 5.68. The fourth-order valence-corrected chi connectivity index (χ4v) is 0.950. The largest absolute Gasteiger partial charge is 0.389 e. The van der Waals surface area contributed by atoms with Crippen LogP contribution in [0.5, 0.6) is 0 Å². The highest BCUT2D eigenvalue weighted by molar-refractivity contribution is 6.30. The van der Waals surface area contributed by atoms with Crippen molar-refractivity contribution in [3.05, 3.63) is 40.9 Å². The molecular formula is C10H11ClO. The molecule has 1 N–H and O–H groups in total. The van der Waals surface area contributed by atoms with Crippen LogP contribution in [0, 0.1) is 0 Å². The number of rotatable bonds is 2. The number of aliphatic hydroxyl groups excluding tert-OH is 1. The van der Waals surface area contributed by atoms with Gasteiger partial charge in [0.15, 0.2) is 0 Å². The van der Waals surface area contributed by atoms with Gasteiger partial charge in [0.05, 0.1) is 6.10 Å². The van der Waals surface area contributed by atoms with E-state index < -0.39 is 6.10 Å². The van der Waals surface area contributed by atoms with E-state index >= 15 is 0 Å². The highest BCUT2D eigenvalue weighted by Crippen LogP contribution is 2.10. The minimum absolute atomic E-state index is 0.402. The van der Waals surface area contributed by atoms with Crippen molar-refractivity contribution in [2.75, 3.05) is 0 Å². The van der Waals surface area contributed by atoms with Crippen LogP contribution in [-0.4, -0.2) is 11.2 Å². The minimum atomic E-state index is -0.402. The van der Waals surface area contributed by atoms with Gasteiger partial charge in [-0.15, -0.1) is 0 Å². The number of hydrogen-bond acceptors (Lipinski definition) is 1. The molecule has 1 rings (SSSR count). The van der Waals surface area contributed by atoms with E-state index in [9.17, 15) is 0 Å². The molecule has 0 aromatic heterocycles. The fourth-order valence-electron chi connectivity index (χ4n) is 0.824. The molecule has 1 aromatic rings. The van der Waals surface area contributed by atoms with Gasteiger partial charge in [-0.25, -0.2) is 0 Å². The lowest BCUT2D eigenvalue weighted by atomic mass is 10.2.